The second kappa shape index (κ2) is 13.7. The van der Waals surface area contributed by atoms with Crippen molar-refractivity contribution in [1.82, 2.24) is 4.98 Å². The number of aliphatic hydroxyl groups is 2. The van der Waals surface area contributed by atoms with Gasteiger partial charge in [-0.1, -0.05) is 51.1 Å². The normalized spacial score (nSPS) is 27.6. The minimum Gasteiger partial charge on any atom is -0.505 e. The lowest BCUT2D eigenvalue weighted by Crippen LogP contribution is -2.28. The molecule has 3 aliphatic heterocycles. The summed E-state index contributed by atoms with van der Waals surface area (Å²) in [6.07, 6.45) is 6.63. The zero-order valence-corrected chi connectivity index (χ0v) is 28.9. The van der Waals surface area contributed by atoms with Crippen molar-refractivity contribution in [3.63, 3.8) is 0 Å². The van der Waals surface area contributed by atoms with E-state index in [2.05, 4.69) is 5.32 Å². The number of aryl methyl sites for hydroxylation is 1. The third-order valence-corrected chi connectivity index (χ3v) is 9.84. The van der Waals surface area contributed by atoms with Crippen LogP contribution in [0.25, 0.3) is 33.0 Å². The van der Waals surface area contributed by atoms with Crippen molar-refractivity contribution in [2.24, 2.45) is 17.8 Å². The molecular weight excluding hydrogens is 640 g/mol. The summed E-state index contributed by atoms with van der Waals surface area (Å²) in [5, 5.41) is 35.9. The van der Waals surface area contributed by atoms with Gasteiger partial charge in [0.1, 0.15) is 22.5 Å². The minimum absolute atomic E-state index is 0.000925. The van der Waals surface area contributed by atoms with Gasteiger partial charge in [-0.25, -0.2) is 4.98 Å². The van der Waals surface area contributed by atoms with E-state index in [0.29, 0.717) is 29.5 Å². The second-order valence-electron chi connectivity index (χ2n) is 13.7. The molecule has 7 rings (SSSR count). The summed E-state index contributed by atoms with van der Waals surface area (Å²) in [4.78, 5) is 46.3. The van der Waals surface area contributed by atoms with Crippen LogP contribution in [0.5, 0.6) is 11.5 Å². The maximum absolute atomic E-state index is 14.0. The summed E-state index contributed by atoms with van der Waals surface area (Å²) in [6, 6.07) is 5.32. The van der Waals surface area contributed by atoms with Gasteiger partial charge in [0.2, 0.25) is 5.78 Å². The summed E-state index contributed by atoms with van der Waals surface area (Å²) in [6.45, 7) is 10.7. The van der Waals surface area contributed by atoms with E-state index in [-0.39, 0.29) is 68.6 Å². The van der Waals surface area contributed by atoms with Gasteiger partial charge in [0.25, 0.3) is 5.91 Å². The predicted molar refractivity (Wildman–Crippen MR) is 190 cm³/mol. The number of carbonyl (C=O) groups excluding carboxylic acids is 2. The van der Waals surface area contributed by atoms with E-state index < -0.39 is 41.4 Å². The molecule has 6 atom stereocenters. The molecule has 262 valence electrons. The molecule has 50 heavy (non-hydrogen) atoms. The molecule has 11 nitrogen and oxygen atoms in total. The molecule has 4 heterocycles. The Hall–Kier alpha value is -5.00. The molecule has 4 N–H and O–H groups in total. The van der Waals surface area contributed by atoms with E-state index >= 15 is 0 Å². The van der Waals surface area contributed by atoms with Crippen molar-refractivity contribution in [2.45, 2.75) is 79.3 Å². The van der Waals surface area contributed by atoms with Gasteiger partial charge in [0, 0.05) is 16.5 Å². The van der Waals surface area contributed by atoms with Crippen LogP contribution in [0.3, 0.4) is 0 Å². The van der Waals surface area contributed by atoms with Crippen LogP contribution in [0, 0.1) is 31.6 Å². The number of nitrogens with zero attached hydrogens (tertiary/aromatic N) is 1. The first-order chi connectivity index (χ1) is 23.8. The quantitative estimate of drug-likeness (QED) is 0.0912. The van der Waals surface area contributed by atoms with Crippen LogP contribution in [-0.4, -0.2) is 50.5 Å². The molecule has 4 aromatic rings. The zero-order chi connectivity index (χ0) is 36.0. The maximum Gasteiger partial charge on any atom is 0.304 e. The molecular formula is C39H42N2O9. The number of aromatic nitrogens is 1. The highest BCUT2D eigenvalue weighted by molar-refractivity contribution is 6.26. The van der Waals surface area contributed by atoms with E-state index in [1.807, 2.05) is 39.8 Å². The summed E-state index contributed by atoms with van der Waals surface area (Å²) < 4.78 is 17.9. The molecule has 0 saturated carbocycles. The average Bonchev–Trinajstić information content (AvgIpc) is 3.41. The van der Waals surface area contributed by atoms with Crippen LogP contribution in [-0.2, 0) is 9.53 Å². The monoisotopic (exact) mass is 682 g/mol. The smallest absolute Gasteiger partial charge is 0.304 e. The molecule has 0 aliphatic carbocycles. The summed E-state index contributed by atoms with van der Waals surface area (Å²) in [7, 11) is 0. The van der Waals surface area contributed by atoms with Gasteiger partial charge in [-0.2, -0.15) is 0 Å². The molecule has 1 amide bonds. The Kier molecular flexibility index (Phi) is 9.56. The number of Topliss-reactive ketones (excluding diaryl/α,β-unsaturated/α-hetero) is 1. The summed E-state index contributed by atoms with van der Waals surface area (Å²) in [5.41, 5.74) is 1.25. The van der Waals surface area contributed by atoms with Gasteiger partial charge < -0.3 is 34.5 Å². The first kappa shape index (κ1) is 34.8. The fraction of sp³-hybridized carbons (Fsp3) is 0.385. The van der Waals surface area contributed by atoms with E-state index in [4.69, 9.17) is 18.9 Å². The number of para-hydroxylation sites is 1. The number of nitrogens with one attached hydrogen (secondary N) is 1. The Morgan fingerprint density at radius 2 is 1.68 bits per heavy atom. The van der Waals surface area contributed by atoms with Crippen molar-refractivity contribution in [3.05, 3.63) is 81.3 Å². The minimum atomic E-state index is -1.43. The number of aliphatic hydroxyl groups excluding tert-OH is 2. The fourth-order valence-electron chi connectivity index (χ4n) is 6.67. The Morgan fingerprint density at radius 1 is 0.940 bits per heavy atom. The molecule has 0 spiro atoms. The van der Waals surface area contributed by atoms with Crippen molar-refractivity contribution in [2.75, 3.05) is 5.32 Å². The number of amides is 1. The average molecular weight is 683 g/mol. The van der Waals surface area contributed by atoms with E-state index in [1.54, 1.807) is 37.3 Å². The molecule has 0 fully saturated rings. The zero-order valence-electron chi connectivity index (χ0n) is 28.9. The molecule has 3 aliphatic rings. The summed E-state index contributed by atoms with van der Waals surface area (Å²) in [5.74, 6) is -1.98. The molecule has 0 saturated heterocycles. The summed E-state index contributed by atoms with van der Waals surface area (Å²) >= 11 is 0. The van der Waals surface area contributed by atoms with Gasteiger partial charge in [-0.3, -0.25) is 14.4 Å². The largest absolute Gasteiger partial charge is 0.505 e. The third-order valence-electron chi connectivity index (χ3n) is 9.84. The first-order valence-electron chi connectivity index (χ1n) is 16.9. The lowest BCUT2D eigenvalue weighted by Gasteiger charge is -2.25. The number of phenolic OH excluding ortho intramolecular Hbond substituents is 1. The number of fused-ring (bicyclic) bond motifs is 14. The van der Waals surface area contributed by atoms with Gasteiger partial charge in [0.15, 0.2) is 22.3 Å². The van der Waals surface area contributed by atoms with Gasteiger partial charge in [-0.15, -0.1) is 0 Å². The molecule has 1 aromatic heterocycles. The topological polar surface area (TPSA) is 168 Å². The van der Waals surface area contributed by atoms with Gasteiger partial charge >= 0.3 is 6.29 Å². The number of ketones is 1. The SMILES string of the molecule is C/C1=C/C=C/C(C)C[C@@H](C)C(O)CC(O)[C@H](C)C/C=C/OC2Oc3c(C)c(=O)c4c(O)c(c5oc6cccc(C)c6nc5c4c3C2=O)NC1=O. The number of allylic oxidation sites excluding steroid dienone is 4. The van der Waals surface area contributed by atoms with E-state index in [9.17, 15) is 29.7 Å². The number of ether oxygens (including phenoxy) is 2. The van der Waals surface area contributed by atoms with Gasteiger partial charge in [0.05, 0.1) is 29.4 Å². The number of rotatable bonds is 0. The standard InChI is InChI=1S/C39H42N2O9/c1-18-10-7-12-21(4)38(47)41-32-34(45)28-27(31-37(32)49-26-14-8-11-20(3)30(26)40-31)29-35(46)39(50-36(29)23(6)33(28)44)48-15-9-13-19(2)24(42)17-25(43)22(5)16-18/h7-12,14-15,18-19,22,24-25,39,42-43,45H,13,16-17H2,1-6H3,(H,41,47)/b10-7+,15-9+,21-12-/t18?,19-,22-,24?,25?,39?/m1/s1. The van der Waals surface area contributed by atoms with Crippen LogP contribution in [0.1, 0.15) is 68.4 Å². The number of hydrogen-bond acceptors (Lipinski definition) is 10. The number of anilines is 1. The molecule has 11 heteroatoms. The number of carbonyl (C=O) groups is 2. The van der Waals surface area contributed by atoms with Crippen LogP contribution in [0.2, 0.25) is 0 Å². The van der Waals surface area contributed by atoms with E-state index in [1.165, 1.54) is 13.2 Å². The van der Waals surface area contributed by atoms with Crippen LogP contribution < -0.4 is 15.5 Å². The Balaban J connectivity index is 1.56. The molecule has 5 bridgehead atoms. The van der Waals surface area contributed by atoms with Gasteiger partial charge in [-0.05, 0) is 75.5 Å². The Morgan fingerprint density at radius 3 is 2.44 bits per heavy atom. The van der Waals surface area contributed by atoms with Crippen LogP contribution in [0.15, 0.2) is 63.6 Å². The number of aromatic hydroxyl groups is 1. The van der Waals surface area contributed by atoms with Crippen molar-refractivity contribution >= 4 is 50.3 Å². The van der Waals surface area contributed by atoms with Crippen LogP contribution in [0.4, 0.5) is 5.69 Å². The predicted octanol–water partition coefficient (Wildman–Crippen LogP) is 6.50. The molecule has 0 radical (unpaired) electrons. The van der Waals surface area contributed by atoms with Crippen molar-refractivity contribution < 1.29 is 38.8 Å². The molecule has 4 unspecified atom stereocenters. The number of benzene rings is 3. The maximum atomic E-state index is 14.0. The number of hydrogen-bond donors (Lipinski definition) is 4. The highest BCUT2D eigenvalue weighted by atomic mass is 16.7. The highest BCUT2D eigenvalue weighted by Crippen LogP contribution is 2.46. The third kappa shape index (κ3) is 6.27. The number of phenols is 1. The Labute approximate surface area is 288 Å². The van der Waals surface area contributed by atoms with Crippen molar-refractivity contribution in [1.29, 1.82) is 0 Å². The van der Waals surface area contributed by atoms with Crippen molar-refractivity contribution in [3.8, 4) is 11.5 Å². The fourth-order valence-corrected chi connectivity index (χ4v) is 6.67. The highest BCUT2D eigenvalue weighted by Gasteiger charge is 2.40. The second-order valence-corrected chi connectivity index (χ2v) is 13.7. The first-order valence-corrected chi connectivity index (χ1v) is 16.9. The lowest BCUT2D eigenvalue weighted by atomic mass is 9.87. The Bertz CT molecular complexity index is 2180. The molecule has 3 aromatic carbocycles. The van der Waals surface area contributed by atoms with Crippen LogP contribution >= 0.6 is 0 Å². The lowest BCUT2D eigenvalue weighted by molar-refractivity contribution is -0.112. The van der Waals surface area contributed by atoms with E-state index in [0.717, 1.165) is 5.56 Å².